The Kier molecular flexibility index (Phi) is 6.53. The van der Waals surface area contributed by atoms with Gasteiger partial charge in [-0.05, 0) is 23.8 Å². The van der Waals surface area contributed by atoms with Crippen molar-refractivity contribution in [3.63, 3.8) is 0 Å². The van der Waals surface area contributed by atoms with Gasteiger partial charge in [0.2, 0.25) is 0 Å². The van der Waals surface area contributed by atoms with Gasteiger partial charge in [-0.15, -0.1) is 11.3 Å². The molecular weight excluding hydrogens is 432 g/mol. The molecule has 1 saturated heterocycles. The van der Waals surface area contributed by atoms with E-state index in [9.17, 15) is 0 Å². The molecule has 170 valence electrons. The van der Waals surface area contributed by atoms with Crippen LogP contribution in [-0.4, -0.2) is 60.2 Å². The maximum absolute atomic E-state index is 5.59. The van der Waals surface area contributed by atoms with E-state index in [0.717, 1.165) is 72.5 Å². The highest BCUT2D eigenvalue weighted by atomic mass is 32.1. The van der Waals surface area contributed by atoms with Crippen molar-refractivity contribution in [3.8, 4) is 22.1 Å². The molecule has 2 aromatic heterocycles. The number of methoxy groups -OCH3 is 2. The zero-order chi connectivity index (χ0) is 22.6. The Morgan fingerprint density at radius 2 is 1.64 bits per heavy atom. The maximum atomic E-state index is 5.59. The number of rotatable bonds is 7. The summed E-state index contributed by atoms with van der Waals surface area (Å²) in [5.41, 5.74) is 4.50. The third-order valence-electron chi connectivity index (χ3n) is 6.15. The topological polar surface area (TPSA) is 50.7 Å². The second-order valence-corrected chi connectivity index (χ2v) is 9.09. The van der Waals surface area contributed by atoms with Crippen LogP contribution in [0.25, 0.3) is 21.5 Å². The molecular formula is C26H28N4O2S. The molecule has 0 N–H and O–H groups in total. The van der Waals surface area contributed by atoms with Crippen LogP contribution < -0.4 is 9.47 Å². The predicted octanol–water partition coefficient (Wildman–Crippen LogP) is 4.69. The minimum Gasteiger partial charge on any atom is -0.493 e. The Morgan fingerprint density at radius 3 is 2.42 bits per heavy atom. The Bertz CT molecular complexity index is 1230. The van der Waals surface area contributed by atoms with E-state index in [2.05, 4.69) is 44.4 Å². The molecule has 4 aromatic rings. The maximum Gasteiger partial charge on any atom is 0.170 e. The van der Waals surface area contributed by atoms with Crippen molar-refractivity contribution < 1.29 is 9.47 Å². The average Bonchev–Trinajstić information content (AvgIpc) is 3.33. The highest BCUT2D eigenvalue weighted by Crippen LogP contribution is 2.39. The van der Waals surface area contributed by atoms with Crippen LogP contribution in [0.4, 0.5) is 0 Å². The lowest BCUT2D eigenvalue weighted by atomic mass is 10.1. The van der Waals surface area contributed by atoms with Crippen LogP contribution in [0.1, 0.15) is 11.3 Å². The number of piperazine rings is 1. The Hall–Kier alpha value is -3.00. The van der Waals surface area contributed by atoms with E-state index < -0.39 is 0 Å². The molecule has 3 heterocycles. The summed E-state index contributed by atoms with van der Waals surface area (Å²) in [6.45, 7) is 5.97. The van der Waals surface area contributed by atoms with Crippen LogP contribution in [-0.2, 0) is 13.1 Å². The van der Waals surface area contributed by atoms with Gasteiger partial charge in [0, 0.05) is 56.2 Å². The van der Waals surface area contributed by atoms with Crippen LogP contribution in [0.2, 0.25) is 0 Å². The third-order valence-corrected chi connectivity index (χ3v) is 7.07. The van der Waals surface area contributed by atoms with E-state index in [1.165, 1.54) is 10.9 Å². The van der Waals surface area contributed by atoms with Crippen LogP contribution in [0.5, 0.6) is 11.5 Å². The number of fused-ring (bicyclic) bond motifs is 1. The normalized spacial score (nSPS) is 15.1. The first-order valence-electron chi connectivity index (χ1n) is 11.2. The summed E-state index contributed by atoms with van der Waals surface area (Å²) < 4.78 is 11.0. The monoisotopic (exact) mass is 460 g/mol. The van der Waals surface area contributed by atoms with Crippen LogP contribution >= 0.6 is 11.3 Å². The van der Waals surface area contributed by atoms with Crippen molar-refractivity contribution >= 4 is 22.2 Å². The zero-order valence-corrected chi connectivity index (χ0v) is 19.8. The summed E-state index contributed by atoms with van der Waals surface area (Å²) in [5, 5.41) is 4.33. The second-order valence-electron chi connectivity index (χ2n) is 8.23. The molecule has 0 radical (unpaired) electrons. The number of para-hydroxylation sites is 2. The summed E-state index contributed by atoms with van der Waals surface area (Å²) in [7, 11) is 3.33. The molecule has 1 aliphatic heterocycles. The van der Waals surface area contributed by atoms with Crippen molar-refractivity contribution in [3.05, 3.63) is 71.4 Å². The van der Waals surface area contributed by atoms with E-state index >= 15 is 0 Å². The first-order valence-corrected chi connectivity index (χ1v) is 12.1. The molecule has 0 saturated carbocycles. The fraction of sp³-hybridized carbons (Fsp3) is 0.308. The summed E-state index contributed by atoms with van der Waals surface area (Å²) in [6, 6.07) is 16.5. The first kappa shape index (κ1) is 21.8. The fourth-order valence-electron chi connectivity index (χ4n) is 4.43. The van der Waals surface area contributed by atoms with Gasteiger partial charge in [-0.1, -0.05) is 30.3 Å². The van der Waals surface area contributed by atoms with Crippen molar-refractivity contribution in [1.29, 1.82) is 0 Å². The van der Waals surface area contributed by atoms with Crippen LogP contribution in [0.15, 0.2) is 60.1 Å². The number of thiazole rings is 1. The highest BCUT2D eigenvalue weighted by molar-refractivity contribution is 7.13. The number of pyridine rings is 1. The van der Waals surface area contributed by atoms with E-state index in [1.54, 1.807) is 25.6 Å². The molecule has 5 rings (SSSR count). The SMILES string of the molecule is COc1cccc(-c2nc(CN3CCN(Cc4cccc5cccnc45)CC3)cs2)c1OC. The third kappa shape index (κ3) is 4.71. The average molecular weight is 461 g/mol. The number of nitrogens with zero attached hydrogens (tertiary/aromatic N) is 4. The Balaban J connectivity index is 1.21. The smallest absolute Gasteiger partial charge is 0.170 e. The Labute approximate surface area is 198 Å². The number of aromatic nitrogens is 2. The van der Waals surface area contributed by atoms with Gasteiger partial charge in [0.25, 0.3) is 0 Å². The van der Waals surface area contributed by atoms with Crippen LogP contribution in [0, 0.1) is 0 Å². The van der Waals surface area contributed by atoms with Crippen molar-refractivity contribution in [2.45, 2.75) is 13.1 Å². The van der Waals surface area contributed by atoms with Gasteiger partial charge in [0.1, 0.15) is 5.01 Å². The molecule has 2 aromatic carbocycles. The van der Waals surface area contributed by atoms with Gasteiger partial charge in [0.15, 0.2) is 11.5 Å². The lowest BCUT2D eigenvalue weighted by molar-refractivity contribution is 0.121. The molecule has 1 aliphatic rings. The Morgan fingerprint density at radius 1 is 0.879 bits per heavy atom. The minimum atomic E-state index is 0.726. The predicted molar refractivity (Wildman–Crippen MR) is 133 cm³/mol. The standard InChI is InChI=1S/C26H28N4O2S/c1-31-23-10-4-9-22(25(23)32-2)26-28-21(18-33-26)17-30-14-12-29(13-15-30)16-20-7-3-6-19-8-5-11-27-24(19)20/h3-11,18H,12-17H2,1-2H3. The quantitative estimate of drug-likeness (QED) is 0.399. The molecule has 0 spiro atoms. The molecule has 1 fully saturated rings. The van der Waals surface area contributed by atoms with Gasteiger partial charge < -0.3 is 9.47 Å². The van der Waals surface area contributed by atoms with Gasteiger partial charge in [-0.3, -0.25) is 14.8 Å². The molecule has 33 heavy (non-hydrogen) atoms. The molecule has 7 heteroatoms. The number of hydrogen-bond donors (Lipinski definition) is 0. The molecule has 0 unspecified atom stereocenters. The summed E-state index contributed by atoms with van der Waals surface area (Å²) in [5.74, 6) is 1.46. The molecule has 0 atom stereocenters. The largest absolute Gasteiger partial charge is 0.493 e. The van der Waals surface area contributed by atoms with Gasteiger partial charge in [-0.25, -0.2) is 4.98 Å². The molecule has 6 nitrogen and oxygen atoms in total. The summed E-state index contributed by atoms with van der Waals surface area (Å²) >= 11 is 1.65. The zero-order valence-electron chi connectivity index (χ0n) is 19.0. The first-order chi connectivity index (χ1) is 16.2. The number of ether oxygens (including phenoxy) is 2. The lowest BCUT2D eigenvalue weighted by Crippen LogP contribution is -2.45. The highest BCUT2D eigenvalue weighted by Gasteiger charge is 2.20. The van der Waals surface area contributed by atoms with Crippen molar-refractivity contribution in [2.24, 2.45) is 0 Å². The van der Waals surface area contributed by atoms with E-state index in [4.69, 9.17) is 14.5 Å². The molecule has 0 aliphatic carbocycles. The van der Waals surface area contributed by atoms with Crippen molar-refractivity contribution in [2.75, 3.05) is 40.4 Å². The molecule has 0 bridgehead atoms. The van der Waals surface area contributed by atoms with E-state index in [1.807, 2.05) is 30.5 Å². The van der Waals surface area contributed by atoms with Crippen LogP contribution in [0.3, 0.4) is 0 Å². The van der Waals surface area contributed by atoms with E-state index in [0.29, 0.717) is 0 Å². The lowest BCUT2D eigenvalue weighted by Gasteiger charge is -2.34. The van der Waals surface area contributed by atoms with Gasteiger partial charge in [-0.2, -0.15) is 0 Å². The molecule has 0 amide bonds. The fourth-order valence-corrected chi connectivity index (χ4v) is 5.26. The van der Waals surface area contributed by atoms with Gasteiger partial charge in [0.05, 0.1) is 31.0 Å². The van der Waals surface area contributed by atoms with E-state index in [-0.39, 0.29) is 0 Å². The second kappa shape index (κ2) is 9.87. The number of hydrogen-bond acceptors (Lipinski definition) is 7. The minimum absolute atomic E-state index is 0.726. The summed E-state index contributed by atoms with van der Waals surface area (Å²) in [4.78, 5) is 14.5. The summed E-state index contributed by atoms with van der Waals surface area (Å²) in [6.07, 6.45) is 1.88. The van der Waals surface area contributed by atoms with Crippen molar-refractivity contribution in [1.82, 2.24) is 19.8 Å². The van der Waals surface area contributed by atoms with Gasteiger partial charge >= 0.3 is 0 Å². The number of benzene rings is 2.